The number of aromatic nitrogens is 3. The lowest BCUT2D eigenvalue weighted by Crippen LogP contribution is -2.16. The third-order valence-corrected chi connectivity index (χ3v) is 3.28. The molecule has 0 saturated carbocycles. The molecule has 110 valence electrons. The molecule has 2 aromatic heterocycles. The molecule has 0 bridgehead atoms. The van der Waals surface area contributed by atoms with Crippen molar-refractivity contribution in [1.29, 1.82) is 0 Å². The van der Waals surface area contributed by atoms with E-state index in [0.29, 0.717) is 24.1 Å². The molecule has 2 heterocycles. The Kier molecular flexibility index (Phi) is 6.00. The van der Waals surface area contributed by atoms with Crippen molar-refractivity contribution in [2.45, 2.75) is 31.0 Å². The van der Waals surface area contributed by atoms with E-state index in [1.165, 1.54) is 0 Å². The number of hydrogen-bond donors (Lipinski definition) is 1. The fourth-order valence-electron chi connectivity index (χ4n) is 1.67. The second kappa shape index (κ2) is 8.01. The summed E-state index contributed by atoms with van der Waals surface area (Å²) in [4.78, 5) is 0. The average Bonchev–Trinajstić information content (AvgIpc) is 3.07. The van der Waals surface area contributed by atoms with Gasteiger partial charge in [-0.1, -0.05) is 17.0 Å². The molecule has 0 fully saturated rings. The monoisotopic (exact) mass is 302 g/mol. The van der Waals surface area contributed by atoms with E-state index in [-0.39, 0.29) is 5.75 Å². The summed E-state index contributed by atoms with van der Waals surface area (Å²) >= 11 is 0.565. The first-order valence-corrected chi connectivity index (χ1v) is 7.31. The minimum absolute atomic E-state index is 0.198. The average molecular weight is 302 g/mol. The predicted octanol–water partition coefficient (Wildman–Crippen LogP) is 2.51. The van der Waals surface area contributed by atoms with Crippen molar-refractivity contribution in [1.82, 2.24) is 20.3 Å². The van der Waals surface area contributed by atoms with Crippen LogP contribution in [0.3, 0.4) is 0 Å². The second-order valence-corrected chi connectivity index (χ2v) is 5.11. The minimum atomic E-state index is -2.36. The Hall–Kier alpha value is -1.41. The van der Waals surface area contributed by atoms with Gasteiger partial charge in [-0.3, -0.25) is 4.68 Å². The Bertz CT molecular complexity index is 489. The van der Waals surface area contributed by atoms with E-state index in [1.54, 1.807) is 16.9 Å². The number of alkyl halides is 2. The fraction of sp³-hybridized carbons (Fsp3) is 0.500. The van der Waals surface area contributed by atoms with Gasteiger partial charge in [-0.05, 0) is 25.1 Å². The van der Waals surface area contributed by atoms with Crippen LogP contribution in [-0.4, -0.2) is 27.3 Å². The molecular formula is C12H16F2N4OS. The first-order chi connectivity index (χ1) is 9.74. The molecule has 1 N–H and O–H groups in total. The first kappa shape index (κ1) is 15.0. The second-order valence-electron chi connectivity index (χ2n) is 4.14. The maximum absolute atomic E-state index is 12.0. The number of nitrogens with one attached hydrogen (secondary N) is 1. The molecule has 0 aliphatic carbocycles. The van der Waals surface area contributed by atoms with Gasteiger partial charge >= 0.3 is 0 Å². The van der Waals surface area contributed by atoms with Gasteiger partial charge in [0.25, 0.3) is 5.76 Å². The summed E-state index contributed by atoms with van der Waals surface area (Å²) < 4.78 is 31.3. The molecule has 0 radical (unpaired) electrons. The summed E-state index contributed by atoms with van der Waals surface area (Å²) in [7, 11) is 0. The van der Waals surface area contributed by atoms with Gasteiger partial charge in [-0.15, -0.1) is 5.10 Å². The number of nitrogens with zero attached hydrogens (tertiary/aromatic N) is 3. The molecule has 2 aromatic rings. The summed E-state index contributed by atoms with van der Waals surface area (Å²) in [6.45, 7) is 2.22. The third kappa shape index (κ3) is 5.30. The molecule has 5 nitrogen and oxygen atoms in total. The van der Waals surface area contributed by atoms with Crippen molar-refractivity contribution in [3.63, 3.8) is 0 Å². The first-order valence-electron chi connectivity index (χ1n) is 6.26. The van der Waals surface area contributed by atoms with E-state index in [0.717, 1.165) is 25.3 Å². The molecule has 0 amide bonds. The smallest absolute Gasteiger partial charge is 0.284 e. The molecule has 0 unspecified atom stereocenters. The van der Waals surface area contributed by atoms with Gasteiger partial charge in [0, 0.05) is 12.7 Å². The topological polar surface area (TPSA) is 55.9 Å². The standard InChI is InChI=1S/C12H16F2N4OS/c13-12(14)20-9-11-3-2-10(19-11)8-15-4-1-6-18-7-5-16-17-18/h2-3,5,7,12,15H,1,4,6,8-9H2. The molecule has 0 saturated heterocycles. The number of aryl methyl sites for hydroxylation is 1. The van der Waals surface area contributed by atoms with E-state index in [2.05, 4.69) is 15.6 Å². The zero-order chi connectivity index (χ0) is 14.2. The SMILES string of the molecule is FC(F)SCc1ccc(CNCCCn2ccnn2)o1. The minimum Gasteiger partial charge on any atom is -0.464 e. The highest BCUT2D eigenvalue weighted by molar-refractivity contribution is 7.98. The number of thioether (sulfide) groups is 1. The molecule has 0 aliphatic rings. The van der Waals surface area contributed by atoms with Crippen LogP contribution in [-0.2, 0) is 18.8 Å². The normalized spacial score (nSPS) is 11.3. The van der Waals surface area contributed by atoms with Crippen LogP contribution in [0.5, 0.6) is 0 Å². The largest absolute Gasteiger partial charge is 0.464 e. The van der Waals surface area contributed by atoms with Gasteiger partial charge in [0.05, 0.1) is 18.5 Å². The van der Waals surface area contributed by atoms with Crippen molar-refractivity contribution in [2.24, 2.45) is 0 Å². The summed E-state index contributed by atoms with van der Waals surface area (Å²) in [6, 6.07) is 3.55. The molecular weight excluding hydrogens is 286 g/mol. The lowest BCUT2D eigenvalue weighted by molar-refractivity contribution is 0.251. The number of halogens is 2. The number of furan rings is 1. The molecule has 20 heavy (non-hydrogen) atoms. The van der Waals surface area contributed by atoms with Gasteiger partial charge in [0.1, 0.15) is 11.5 Å². The van der Waals surface area contributed by atoms with E-state index in [1.807, 2.05) is 12.3 Å². The molecule has 0 aliphatic heterocycles. The van der Waals surface area contributed by atoms with Gasteiger partial charge in [-0.25, -0.2) is 0 Å². The maximum Gasteiger partial charge on any atom is 0.284 e. The lowest BCUT2D eigenvalue weighted by Gasteiger charge is -2.03. The maximum atomic E-state index is 12.0. The molecule has 0 atom stereocenters. The van der Waals surface area contributed by atoms with Crippen LogP contribution in [0.25, 0.3) is 0 Å². The van der Waals surface area contributed by atoms with Crippen LogP contribution in [0.4, 0.5) is 8.78 Å². The van der Waals surface area contributed by atoms with Gasteiger partial charge in [-0.2, -0.15) is 8.78 Å². The van der Waals surface area contributed by atoms with Crippen LogP contribution in [0.1, 0.15) is 17.9 Å². The van der Waals surface area contributed by atoms with Crippen molar-refractivity contribution < 1.29 is 13.2 Å². The summed E-state index contributed by atoms with van der Waals surface area (Å²) in [5.41, 5.74) is 0. The Morgan fingerprint density at radius 3 is 2.95 bits per heavy atom. The molecule has 0 spiro atoms. The lowest BCUT2D eigenvalue weighted by atomic mass is 10.4. The predicted molar refractivity (Wildman–Crippen MR) is 72.4 cm³/mol. The summed E-state index contributed by atoms with van der Waals surface area (Å²) in [5.74, 6) is -0.826. The third-order valence-electron chi connectivity index (χ3n) is 2.58. The van der Waals surface area contributed by atoms with Crippen molar-refractivity contribution in [3.05, 3.63) is 36.0 Å². The summed E-state index contributed by atoms with van der Waals surface area (Å²) in [5, 5.41) is 10.8. The molecule has 0 aromatic carbocycles. The highest BCUT2D eigenvalue weighted by Crippen LogP contribution is 2.21. The van der Waals surface area contributed by atoms with E-state index >= 15 is 0 Å². The molecule has 8 heteroatoms. The Labute approximate surface area is 119 Å². The van der Waals surface area contributed by atoms with Gasteiger partial charge in [0.15, 0.2) is 0 Å². The van der Waals surface area contributed by atoms with Crippen LogP contribution < -0.4 is 5.32 Å². The van der Waals surface area contributed by atoms with Crippen LogP contribution in [0, 0.1) is 0 Å². The van der Waals surface area contributed by atoms with E-state index < -0.39 is 5.76 Å². The van der Waals surface area contributed by atoms with Crippen molar-refractivity contribution in [3.8, 4) is 0 Å². The van der Waals surface area contributed by atoms with Gasteiger partial charge in [0.2, 0.25) is 0 Å². The Balaban J connectivity index is 1.59. The van der Waals surface area contributed by atoms with Crippen LogP contribution in [0.2, 0.25) is 0 Å². The quantitative estimate of drug-likeness (QED) is 0.721. The number of rotatable bonds is 9. The Morgan fingerprint density at radius 1 is 1.35 bits per heavy atom. The zero-order valence-corrected chi connectivity index (χ0v) is 11.7. The zero-order valence-electron chi connectivity index (χ0n) is 10.8. The fourth-order valence-corrected chi connectivity index (χ4v) is 2.12. The number of hydrogen-bond acceptors (Lipinski definition) is 5. The van der Waals surface area contributed by atoms with Gasteiger partial charge < -0.3 is 9.73 Å². The highest BCUT2D eigenvalue weighted by Gasteiger charge is 2.07. The summed E-state index contributed by atoms with van der Waals surface area (Å²) in [6.07, 6.45) is 4.40. The van der Waals surface area contributed by atoms with E-state index in [4.69, 9.17) is 4.42 Å². The van der Waals surface area contributed by atoms with Crippen LogP contribution >= 0.6 is 11.8 Å². The Morgan fingerprint density at radius 2 is 2.20 bits per heavy atom. The van der Waals surface area contributed by atoms with Crippen LogP contribution in [0.15, 0.2) is 28.9 Å². The van der Waals surface area contributed by atoms with Crippen molar-refractivity contribution >= 4 is 11.8 Å². The van der Waals surface area contributed by atoms with E-state index in [9.17, 15) is 8.78 Å². The molecule has 2 rings (SSSR count). The highest BCUT2D eigenvalue weighted by atomic mass is 32.2. The van der Waals surface area contributed by atoms with Crippen molar-refractivity contribution in [2.75, 3.05) is 6.54 Å².